The van der Waals surface area contributed by atoms with E-state index < -0.39 is 0 Å². The fraction of sp³-hybridized carbons (Fsp3) is 0.219. The van der Waals surface area contributed by atoms with Crippen molar-refractivity contribution in [2.75, 3.05) is 11.5 Å². The third-order valence-corrected chi connectivity index (χ3v) is 7.65. The number of aromatic nitrogens is 4. The van der Waals surface area contributed by atoms with E-state index in [4.69, 9.17) is 31.3 Å². The van der Waals surface area contributed by atoms with Crippen molar-refractivity contribution in [2.45, 2.75) is 38.2 Å². The molecule has 0 aliphatic heterocycles. The van der Waals surface area contributed by atoms with Gasteiger partial charge in [-0.25, -0.2) is 15.0 Å². The molecule has 0 bridgehead atoms. The molecule has 1 fully saturated rings. The number of para-hydroxylation sites is 1. The van der Waals surface area contributed by atoms with Crippen LogP contribution in [0, 0.1) is 11.3 Å². The number of anilines is 3. The largest absolute Gasteiger partial charge is 0.374 e. The lowest BCUT2D eigenvalue weighted by atomic mass is 9.65. The molecule has 0 spiro atoms. The molecule has 40 heavy (non-hydrogen) atoms. The van der Waals surface area contributed by atoms with Gasteiger partial charge in [0.1, 0.15) is 12.3 Å². The number of nitrogens with zero attached hydrogens (tertiary/aromatic N) is 6. The number of nitriles is 1. The number of hydrogen-bond acceptors (Lipinski definition) is 7. The normalized spacial score (nSPS) is 13.9. The minimum atomic E-state index is -0.380. The van der Waals surface area contributed by atoms with Crippen LogP contribution in [-0.2, 0) is 16.8 Å². The number of halogens is 1. The number of ether oxygens (including phenoxy) is 1. The molecule has 3 heterocycles. The van der Waals surface area contributed by atoms with Gasteiger partial charge in [-0.1, -0.05) is 41.9 Å². The molecule has 8 heteroatoms. The molecular weight excluding hydrogens is 520 g/mol. The summed E-state index contributed by atoms with van der Waals surface area (Å²) in [6, 6.07) is 28.3. The quantitative estimate of drug-likeness (QED) is 0.197. The Kier molecular flexibility index (Phi) is 7.12. The van der Waals surface area contributed by atoms with Crippen LogP contribution < -0.4 is 4.90 Å². The van der Waals surface area contributed by atoms with Gasteiger partial charge in [-0.05, 0) is 80.3 Å². The van der Waals surface area contributed by atoms with Gasteiger partial charge in [0.25, 0.3) is 0 Å². The summed E-state index contributed by atoms with van der Waals surface area (Å²) in [6.45, 7) is 2.73. The van der Waals surface area contributed by atoms with Crippen molar-refractivity contribution in [1.29, 1.82) is 5.26 Å². The lowest BCUT2D eigenvalue weighted by Gasteiger charge is -2.36. The van der Waals surface area contributed by atoms with Gasteiger partial charge in [0.2, 0.25) is 0 Å². The van der Waals surface area contributed by atoms with E-state index in [0.29, 0.717) is 40.3 Å². The van der Waals surface area contributed by atoms with Gasteiger partial charge < -0.3 is 4.74 Å². The van der Waals surface area contributed by atoms with Crippen molar-refractivity contribution < 1.29 is 4.74 Å². The summed E-state index contributed by atoms with van der Waals surface area (Å²) in [7, 11) is 0. The molecule has 6 rings (SSSR count). The molecule has 1 aliphatic carbocycles. The van der Waals surface area contributed by atoms with Crippen LogP contribution in [0.3, 0.4) is 0 Å². The molecule has 7 nitrogen and oxygen atoms in total. The Bertz CT molecular complexity index is 1700. The highest BCUT2D eigenvalue weighted by atomic mass is 35.5. The van der Waals surface area contributed by atoms with Crippen molar-refractivity contribution in [1.82, 2.24) is 19.9 Å². The van der Waals surface area contributed by atoms with Crippen LogP contribution in [0.4, 0.5) is 17.2 Å². The van der Waals surface area contributed by atoms with Gasteiger partial charge in [0.05, 0.1) is 27.6 Å². The van der Waals surface area contributed by atoms with Crippen LogP contribution in [-0.4, -0.2) is 26.5 Å². The maximum Gasteiger partial charge on any atom is 0.165 e. The molecular formula is C32H27ClN6O. The number of rotatable bonds is 8. The number of fused-ring (bicyclic) bond motifs is 1. The third-order valence-electron chi connectivity index (χ3n) is 7.35. The smallest absolute Gasteiger partial charge is 0.165 e. The molecule has 1 saturated carbocycles. The van der Waals surface area contributed by atoms with E-state index in [1.807, 2.05) is 49.4 Å². The van der Waals surface area contributed by atoms with Gasteiger partial charge in [-0.3, -0.25) is 9.88 Å². The highest BCUT2D eigenvalue weighted by Crippen LogP contribution is 2.44. The number of hydrogen-bond donors (Lipinski definition) is 0. The number of benzene rings is 2. The Morgan fingerprint density at radius 3 is 2.38 bits per heavy atom. The average molecular weight is 547 g/mol. The summed E-state index contributed by atoms with van der Waals surface area (Å²) in [5.74, 6) is 1.21. The van der Waals surface area contributed by atoms with Crippen LogP contribution in [0.15, 0.2) is 85.1 Å². The first-order chi connectivity index (χ1) is 19.6. The van der Waals surface area contributed by atoms with Crippen molar-refractivity contribution >= 4 is 39.8 Å². The van der Waals surface area contributed by atoms with E-state index >= 15 is 0 Å². The second-order valence-electron chi connectivity index (χ2n) is 9.77. The van der Waals surface area contributed by atoms with E-state index in [9.17, 15) is 5.26 Å². The zero-order chi connectivity index (χ0) is 27.5. The molecule has 3 aromatic heterocycles. The second-order valence-corrected chi connectivity index (χ2v) is 10.2. The van der Waals surface area contributed by atoms with E-state index in [2.05, 4.69) is 40.2 Å². The molecule has 198 valence electrons. The van der Waals surface area contributed by atoms with Gasteiger partial charge >= 0.3 is 0 Å². The highest BCUT2D eigenvalue weighted by Gasteiger charge is 2.39. The molecule has 0 radical (unpaired) electrons. The molecule has 2 aromatic carbocycles. The summed E-state index contributed by atoms with van der Waals surface area (Å²) >= 11 is 6.44. The van der Waals surface area contributed by atoms with E-state index in [-0.39, 0.29) is 12.0 Å². The zero-order valence-electron chi connectivity index (χ0n) is 22.1. The lowest BCUT2D eigenvalue weighted by molar-refractivity contribution is 0.128. The first-order valence-corrected chi connectivity index (χ1v) is 13.7. The van der Waals surface area contributed by atoms with Crippen LogP contribution in [0.1, 0.15) is 37.6 Å². The van der Waals surface area contributed by atoms with Gasteiger partial charge in [0, 0.05) is 24.2 Å². The van der Waals surface area contributed by atoms with Crippen LogP contribution >= 0.6 is 11.6 Å². The van der Waals surface area contributed by atoms with Crippen molar-refractivity contribution in [3.8, 4) is 17.5 Å². The average Bonchev–Trinajstić information content (AvgIpc) is 2.97. The highest BCUT2D eigenvalue weighted by molar-refractivity contribution is 6.32. The summed E-state index contributed by atoms with van der Waals surface area (Å²) in [4.78, 5) is 21.1. The minimum Gasteiger partial charge on any atom is -0.374 e. The first kappa shape index (κ1) is 25.9. The molecule has 0 atom stereocenters. The summed E-state index contributed by atoms with van der Waals surface area (Å²) < 4.78 is 5.70. The molecule has 0 amide bonds. The van der Waals surface area contributed by atoms with Crippen LogP contribution in [0.5, 0.6) is 0 Å². The Hall–Kier alpha value is -4.38. The van der Waals surface area contributed by atoms with Crippen molar-refractivity contribution in [2.24, 2.45) is 0 Å². The Labute approximate surface area is 238 Å². The fourth-order valence-electron chi connectivity index (χ4n) is 5.07. The maximum atomic E-state index is 9.86. The molecule has 1 aliphatic rings. The van der Waals surface area contributed by atoms with Crippen LogP contribution in [0.25, 0.3) is 22.4 Å². The summed E-state index contributed by atoms with van der Waals surface area (Å²) in [5.41, 5.74) is 4.28. The van der Waals surface area contributed by atoms with Gasteiger partial charge in [-0.15, -0.1) is 0 Å². The topological polar surface area (TPSA) is 87.8 Å². The van der Waals surface area contributed by atoms with E-state index in [0.717, 1.165) is 41.6 Å². The number of pyridine rings is 2. The fourth-order valence-corrected chi connectivity index (χ4v) is 5.29. The standard InChI is InChI=1S/C32H27ClN6O/c1-2-40-20-28-37-30-25(15-16-27(36-30)29-26(33)10-6-19-35-29)31(38-28)39(23-8-4-3-5-9-23)24-13-11-22(12-14-24)32(21-34)17-7-18-32/h3-6,8-16,19H,2,7,17-18,20H2,1H3. The predicted molar refractivity (Wildman–Crippen MR) is 157 cm³/mol. The first-order valence-electron chi connectivity index (χ1n) is 13.4. The zero-order valence-corrected chi connectivity index (χ0v) is 22.8. The second kappa shape index (κ2) is 11.0. The predicted octanol–water partition coefficient (Wildman–Crippen LogP) is 7.69. The molecule has 0 N–H and O–H groups in total. The van der Waals surface area contributed by atoms with Gasteiger partial charge in [-0.2, -0.15) is 5.26 Å². The molecule has 0 unspecified atom stereocenters. The third kappa shape index (κ3) is 4.77. The molecule has 0 saturated heterocycles. The van der Waals surface area contributed by atoms with E-state index in [1.165, 1.54) is 0 Å². The molecule has 5 aromatic rings. The van der Waals surface area contributed by atoms with Gasteiger partial charge in [0.15, 0.2) is 17.3 Å². The maximum absolute atomic E-state index is 9.86. The Morgan fingerprint density at radius 2 is 1.70 bits per heavy atom. The van der Waals surface area contributed by atoms with Crippen molar-refractivity contribution in [3.63, 3.8) is 0 Å². The lowest BCUT2D eigenvalue weighted by Crippen LogP contribution is -2.32. The van der Waals surface area contributed by atoms with Crippen molar-refractivity contribution in [3.05, 3.63) is 101 Å². The minimum absolute atomic E-state index is 0.252. The van der Waals surface area contributed by atoms with E-state index in [1.54, 1.807) is 18.3 Å². The summed E-state index contributed by atoms with van der Waals surface area (Å²) in [6.07, 6.45) is 4.58. The Morgan fingerprint density at radius 1 is 0.925 bits per heavy atom. The van der Waals surface area contributed by atoms with Crippen LogP contribution in [0.2, 0.25) is 5.02 Å². The SMILES string of the molecule is CCOCc1nc(N(c2ccccc2)c2ccc(C3(C#N)CCC3)cc2)c2ccc(-c3ncccc3Cl)nc2n1. The summed E-state index contributed by atoms with van der Waals surface area (Å²) in [5, 5.41) is 11.2. The Balaban J connectivity index is 1.53. The monoisotopic (exact) mass is 546 g/mol.